The van der Waals surface area contributed by atoms with Crippen LogP contribution in [0.15, 0.2) is 65.1 Å². The molecule has 8 heteroatoms. The number of thiazole rings is 1. The van der Waals surface area contributed by atoms with Crippen molar-refractivity contribution in [3.05, 3.63) is 70.7 Å². The molecule has 0 atom stereocenters. The first kappa shape index (κ1) is 16.3. The van der Waals surface area contributed by atoms with Crippen LogP contribution in [0.1, 0.15) is 5.69 Å². The molecule has 2 aromatic heterocycles. The van der Waals surface area contributed by atoms with Crippen molar-refractivity contribution in [1.82, 2.24) is 25.2 Å². The minimum absolute atomic E-state index is 0.682. The Morgan fingerprint density at radius 1 is 1.04 bits per heavy atom. The Labute approximate surface area is 157 Å². The lowest BCUT2D eigenvalue weighted by atomic mass is 10.2. The third kappa shape index (κ3) is 3.73. The maximum Gasteiger partial charge on any atom is 0.214 e. The van der Waals surface area contributed by atoms with Crippen LogP contribution in [0.3, 0.4) is 0 Å². The molecule has 5 nitrogen and oxygen atoms in total. The van der Waals surface area contributed by atoms with E-state index in [1.807, 2.05) is 42.5 Å². The number of thioether (sulfide) groups is 1. The van der Waals surface area contributed by atoms with Crippen molar-refractivity contribution in [2.45, 2.75) is 10.9 Å². The zero-order chi connectivity index (χ0) is 17.1. The highest BCUT2D eigenvalue weighted by molar-refractivity contribution is 7.98. The molecule has 0 fully saturated rings. The molecule has 0 spiro atoms. The van der Waals surface area contributed by atoms with Crippen LogP contribution in [0.5, 0.6) is 0 Å². The highest BCUT2D eigenvalue weighted by atomic mass is 35.5. The zero-order valence-electron chi connectivity index (χ0n) is 12.9. The van der Waals surface area contributed by atoms with Crippen molar-refractivity contribution in [3.63, 3.8) is 0 Å². The third-order valence-electron chi connectivity index (χ3n) is 3.43. The second-order valence-corrected chi connectivity index (χ2v) is 7.39. The van der Waals surface area contributed by atoms with Crippen LogP contribution in [-0.4, -0.2) is 25.2 Å². The lowest BCUT2D eigenvalue weighted by Crippen LogP contribution is -1.98. The summed E-state index contributed by atoms with van der Waals surface area (Å²) in [6.45, 7) is 0. The molecule has 0 amide bonds. The lowest BCUT2D eigenvalue weighted by molar-refractivity contribution is 0.756. The van der Waals surface area contributed by atoms with Crippen molar-refractivity contribution < 1.29 is 0 Å². The van der Waals surface area contributed by atoms with E-state index in [1.165, 1.54) is 0 Å². The van der Waals surface area contributed by atoms with Gasteiger partial charge in [0, 0.05) is 21.7 Å². The van der Waals surface area contributed by atoms with Gasteiger partial charge in [-0.2, -0.15) is 4.68 Å². The number of hydrogen-bond donors (Lipinski definition) is 0. The molecule has 0 saturated carbocycles. The Morgan fingerprint density at radius 2 is 1.84 bits per heavy atom. The van der Waals surface area contributed by atoms with Gasteiger partial charge in [0.1, 0.15) is 5.01 Å². The molecule has 124 valence electrons. The first-order valence-corrected chi connectivity index (χ1v) is 9.71. The van der Waals surface area contributed by atoms with Gasteiger partial charge in [0.25, 0.3) is 0 Å². The monoisotopic (exact) mass is 385 g/mol. The molecule has 2 aromatic carbocycles. The number of nitrogens with zero attached hydrogens (tertiary/aromatic N) is 5. The van der Waals surface area contributed by atoms with Crippen LogP contribution < -0.4 is 0 Å². The Kier molecular flexibility index (Phi) is 4.78. The number of benzene rings is 2. The van der Waals surface area contributed by atoms with E-state index >= 15 is 0 Å². The quantitative estimate of drug-likeness (QED) is 0.465. The minimum Gasteiger partial charge on any atom is -0.240 e. The normalized spacial score (nSPS) is 10.9. The van der Waals surface area contributed by atoms with Crippen molar-refractivity contribution >= 4 is 34.7 Å². The zero-order valence-corrected chi connectivity index (χ0v) is 15.3. The van der Waals surface area contributed by atoms with Gasteiger partial charge < -0.3 is 0 Å². The van der Waals surface area contributed by atoms with Gasteiger partial charge in [0.05, 0.1) is 11.4 Å². The van der Waals surface area contributed by atoms with Crippen LogP contribution >= 0.6 is 34.7 Å². The van der Waals surface area contributed by atoms with E-state index < -0.39 is 0 Å². The highest BCUT2D eigenvalue weighted by Gasteiger charge is 2.11. The minimum atomic E-state index is 0.682. The van der Waals surface area contributed by atoms with Crippen LogP contribution in [0.4, 0.5) is 0 Å². The van der Waals surface area contributed by atoms with E-state index in [4.69, 9.17) is 16.6 Å². The summed E-state index contributed by atoms with van der Waals surface area (Å²) >= 11 is 9.13. The summed E-state index contributed by atoms with van der Waals surface area (Å²) in [5.41, 5.74) is 3.02. The summed E-state index contributed by atoms with van der Waals surface area (Å²) in [6, 6.07) is 17.6. The van der Waals surface area contributed by atoms with Gasteiger partial charge in [-0.15, -0.1) is 16.4 Å². The molecular weight excluding hydrogens is 374 g/mol. The summed E-state index contributed by atoms with van der Waals surface area (Å²) in [6.07, 6.45) is 0. The van der Waals surface area contributed by atoms with Crippen molar-refractivity contribution in [3.8, 4) is 16.3 Å². The average Bonchev–Trinajstić information content (AvgIpc) is 3.31. The molecular formula is C17H12ClN5S2. The number of rotatable bonds is 5. The molecule has 0 radical (unpaired) electrons. The van der Waals surface area contributed by atoms with E-state index in [0.717, 1.165) is 27.1 Å². The number of tetrazole rings is 1. The molecule has 4 rings (SSSR count). The molecule has 4 aromatic rings. The summed E-state index contributed by atoms with van der Waals surface area (Å²) in [4.78, 5) is 4.70. The molecule has 0 N–H and O–H groups in total. The Balaban J connectivity index is 1.49. The fourth-order valence-corrected chi connectivity index (χ4v) is 4.08. The van der Waals surface area contributed by atoms with E-state index in [-0.39, 0.29) is 0 Å². The smallest absolute Gasteiger partial charge is 0.214 e. The maximum atomic E-state index is 5.93. The Bertz CT molecular complexity index is 966. The van der Waals surface area contributed by atoms with Crippen LogP contribution in [-0.2, 0) is 5.75 Å². The second-order valence-electron chi connectivity index (χ2n) is 5.15. The molecule has 25 heavy (non-hydrogen) atoms. The van der Waals surface area contributed by atoms with Gasteiger partial charge >= 0.3 is 0 Å². The Hall–Kier alpha value is -2.22. The van der Waals surface area contributed by atoms with Crippen molar-refractivity contribution in [1.29, 1.82) is 0 Å². The topological polar surface area (TPSA) is 56.5 Å². The summed E-state index contributed by atoms with van der Waals surface area (Å²) < 4.78 is 1.70. The molecule has 0 aliphatic carbocycles. The van der Waals surface area contributed by atoms with E-state index in [9.17, 15) is 0 Å². The first-order chi connectivity index (χ1) is 12.3. The summed E-state index contributed by atoms with van der Waals surface area (Å²) in [5, 5.41) is 16.4. The molecule has 0 bridgehead atoms. The highest BCUT2D eigenvalue weighted by Crippen LogP contribution is 2.27. The standard InChI is InChI=1S/C17H12ClN5S2/c18-13-6-8-15(9-7-13)23-17(20-21-22-23)25-11-14-10-24-16(19-14)12-4-2-1-3-5-12/h1-10H,11H2. The summed E-state index contributed by atoms with van der Waals surface area (Å²) in [5.74, 6) is 0.706. The third-order valence-corrected chi connectivity index (χ3v) is 5.58. The number of aromatic nitrogens is 5. The number of halogens is 1. The van der Waals surface area contributed by atoms with Crippen molar-refractivity contribution in [2.24, 2.45) is 0 Å². The molecule has 0 aliphatic rings. The van der Waals surface area contributed by atoms with Crippen molar-refractivity contribution in [2.75, 3.05) is 0 Å². The van der Waals surface area contributed by atoms with Gasteiger partial charge in [-0.1, -0.05) is 53.7 Å². The van der Waals surface area contributed by atoms with Gasteiger partial charge in [0.2, 0.25) is 5.16 Å². The molecule has 0 unspecified atom stereocenters. The van der Waals surface area contributed by atoms with Gasteiger partial charge in [-0.05, 0) is 34.7 Å². The van der Waals surface area contributed by atoms with Crippen LogP contribution in [0.25, 0.3) is 16.3 Å². The second kappa shape index (κ2) is 7.35. The largest absolute Gasteiger partial charge is 0.240 e. The maximum absolute atomic E-state index is 5.93. The SMILES string of the molecule is Clc1ccc(-n2nnnc2SCc2csc(-c3ccccc3)n2)cc1. The molecule has 0 saturated heterocycles. The van der Waals surface area contributed by atoms with E-state index in [0.29, 0.717) is 10.8 Å². The van der Waals surface area contributed by atoms with E-state index in [1.54, 1.807) is 27.8 Å². The molecule has 0 aliphatic heterocycles. The van der Waals surface area contributed by atoms with Gasteiger partial charge in [0.15, 0.2) is 0 Å². The van der Waals surface area contributed by atoms with Crippen LogP contribution in [0, 0.1) is 0 Å². The lowest BCUT2D eigenvalue weighted by Gasteiger charge is -2.03. The first-order valence-electron chi connectivity index (χ1n) is 7.46. The predicted octanol–water partition coefficient (Wildman–Crippen LogP) is 4.73. The Morgan fingerprint density at radius 3 is 2.64 bits per heavy atom. The fourth-order valence-electron chi connectivity index (χ4n) is 2.24. The molecule has 2 heterocycles. The predicted molar refractivity (Wildman–Crippen MR) is 101 cm³/mol. The van der Waals surface area contributed by atoms with E-state index in [2.05, 4.69) is 33.0 Å². The average molecular weight is 386 g/mol. The van der Waals surface area contributed by atoms with Gasteiger partial charge in [-0.25, -0.2) is 4.98 Å². The summed E-state index contributed by atoms with van der Waals surface area (Å²) in [7, 11) is 0. The fraction of sp³-hybridized carbons (Fsp3) is 0.0588. The number of hydrogen-bond acceptors (Lipinski definition) is 6. The van der Waals surface area contributed by atoms with Gasteiger partial charge in [-0.3, -0.25) is 0 Å². The van der Waals surface area contributed by atoms with Crippen LogP contribution in [0.2, 0.25) is 5.02 Å².